The smallest absolute Gasteiger partial charge is 0.0311 e. The number of hydrogen-bond donors (Lipinski definition) is 0. The average Bonchev–Trinajstić information content (AvgIpc) is 1.69. The van der Waals surface area contributed by atoms with Crippen LogP contribution in [0.5, 0.6) is 0 Å². The Morgan fingerprint density at radius 2 is 1.43 bits per heavy atom. The molecule has 0 aromatic carbocycles. The molecule has 1 radical (unpaired) electrons. The van der Waals surface area contributed by atoms with E-state index in [9.17, 15) is 0 Å². The number of unbranched alkanes of at least 4 members (excludes halogenated alkanes) is 2. The van der Waals surface area contributed by atoms with Crippen LogP contribution in [0, 0.1) is 6.42 Å². The molecule has 0 fully saturated rings. The quantitative estimate of drug-likeness (QED) is 0.371. The number of allylic oxidation sites excluding steroid dienone is 2. The molecule has 7 heavy (non-hydrogen) atoms. The summed E-state index contributed by atoms with van der Waals surface area (Å²) < 4.78 is 0. The highest BCUT2D eigenvalue weighted by atomic mass is 13.8. The van der Waals surface area contributed by atoms with Crippen LogP contribution in [0.15, 0.2) is 25.3 Å². The molecule has 0 amide bonds. The van der Waals surface area contributed by atoms with Gasteiger partial charge in [0.15, 0.2) is 0 Å². The molecule has 0 aliphatic carbocycles. The van der Waals surface area contributed by atoms with Crippen LogP contribution in [0.2, 0.25) is 0 Å². The van der Waals surface area contributed by atoms with Crippen molar-refractivity contribution in [2.24, 2.45) is 0 Å². The summed E-state index contributed by atoms with van der Waals surface area (Å²) in [4.78, 5) is 0. The van der Waals surface area contributed by atoms with E-state index in [2.05, 4.69) is 19.6 Å². The second kappa shape index (κ2) is 5.48. The van der Waals surface area contributed by atoms with Gasteiger partial charge in [0.05, 0.1) is 0 Å². The fourth-order valence-electron chi connectivity index (χ4n) is 0.332. The second-order valence-electron chi connectivity index (χ2n) is 1.34. The summed E-state index contributed by atoms with van der Waals surface area (Å²) in [7, 11) is 0. The molecule has 0 spiro atoms. The Labute approximate surface area is 45.5 Å². The maximum atomic E-state index is 3.57. The molecule has 0 aromatic rings. The summed E-state index contributed by atoms with van der Waals surface area (Å²) in [6, 6.07) is 0. The van der Waals surface area contributed by atoms with Gasteiger partial charge in [-0.05, 0) is 19.3 Å². The van der Waals surface area contributed by atoms with Gasteiger partial charge in [-0.25, -0.2) is 0 Å². The van der Waals surface area contributed by atoms with Crippen LogP contribution in [0.3, 0.4) is 0 Å². The van der Waals surface area contributed by atoms with Crippen LogP contribution in [0.1, 0.15) is 12.8 Å². The maximum Gasteiger partial charge on any atom is -0.0311 e. The fourth-order valence-corrected chi connectivity index (χ4v) is 0.332. The summed E-state index contributed by atoms with van der Waals surface area (Å²) in [6.45, 7) is 7.13. The lowest BCUT2D eigenvalue weighted by atomic mass is 10.2. The molecule has 0 heterocycles. The Morgan fingerprint density at radius 1 is 1.00 bits per heavy atom. The molecule has 0 saturated carbocycles. The molecule has 0 heteroatoms. The number of hydrogen-bond acceptors (Lipinski definition) is 0. The zero-order valence-corrected chi connectivity index (χ0v) is 4.56. The van der Waals surface area contributed by atoms with Crippen molar-refractivity contribution >= 4 is 0 Å². The Bertz CT molecular complexity index is 45.1. The molecule has 0 N–H and O–H groups in total. The highest BCUT2D eigenvalue weighted by Crippen LogP contribution is 1.92. The van der Waals surface area contributed by atoms with Crippen molar-refractivity contribution in [3.63, 3.8) is 0 Å². The Hall–Kier alpha value is -0.520. The molecule has 0 bridgehead atoms. The fraction of sp³-hybridized carbons (Fsp3) is 0.286. The normalized spacial score (nSPS) is 8.00. The first-order valence-corrected chi connectivity index (χ1v) is 2.45. The minimum atomic E-state index is 0.992. The SMILES string of the molecule is C=CC[CH]CC=C. The van der Waals surface area contributed by atoms with Gasteiger partial charge in [-0.1, -0.05) is 12.2 Å². The van der Waals surface area contributed by atoms with Crippen LogP contribution in [0.4, 0.5) is 0 Å². The van der Waals surface area contributed by atoms with Gasteiger partial charge < -0.3 is 0 Å². The van der Waals surface area contributed by atoms with E-state index in [0.717, 1.165) is 12.8 Å². The molecular formula is C7H11. The molecule has 0 nitrogen and oxygen atoms in total. The van der Waals surface area contributed by atoms with Gasteiger partial charge in [-0.15, -0.1) is 13.2 Å². The third-order valence-electron chi connectivity index (χ3n) is 0.667. The van der Waals surface area contributed by atoms with Crippen molar-refractivity contribution in [1.82, 2.24) is 0 Å². The van der Waals surface area contributed by atoms with E-state index in [0.29, 0.717) is 0 Å². The van der Waals surface area contributed by atoms with Gasteiger partial charge in [0, 0.05) is 0 Å². The van der Waals surface area contributed by atoms with Gasteiger partial charge in [0.2, 0.25) is 0 Å². The van der Waals surface area contributed by atoms with Gasteiger partial charge >= 0.3 is 0 Å². The van der Waals surface area contributed by atoms with E-state index in [1.165, 1.54) is 0 Å². The molecule has 0 atom stereocenters. The summed E-state index contributed by atoms with van der Waals surface area (Å²) in [6.07, 6.45) is 7.87. The molecule has 0 aliphatic rings. The minimum absolute atomic E-state index is 0.992. The average molecular weight is 95.2 g/mol. The van der Waals surface area contributed by atoms with Gasteiger partial charge in [-0.3, -0.25) is 0 Å². The van der Waals surface area contributed by atoms with Crippen molar-refractivity contribution in [3.05, 3.63) is 31.7 Å². The third-order valence-corrected chi connectivity index (χ3v) is 0.667. The summed E-state index contributed by atoms with van der Waals surface area (Å²) in [5.41, 5.74) is 0. The number of rotatable bonds is 4. The lowest BCUT2D eigenvalue weighted by Gasteiger charge is -1.83. The van der Waals surface area contributed by atoms with Gasteiger partial charge in [-0.2, -0.15) is 0 Å². The zero-order valence-electron chi connectivity index (χ0n) is 4.56. The van der Waals surface area contributed by atoms with Gasteiger partial charge in [0.1, 0.15) is 0 Å². The largest absolute Gasteiger partial charge is 0.103 e. The standard InChI is InChI=1S/C7H11/c1-3-5-7-6-4-2/h3-4,7H,1-2,5-6H2. The van der Waals surface area contributed by atoms with Crippen LogP contribution in [-0.2, 0) is 0 Å². The molecule has 0 aromatic heterocycles. The van der Waals surface area contributed by atoms with E-state index in [4.69, 9.17) is 0 Å². The van der Waals surface area contributed by atoms with E-state index in [1.54, 1.807) is 0 Å². The molecule has 0 rings (SSSR count). The summed E-state index contributed by atoms with van der Waals surface area (Å²) >= 11 is 0. The van der Waals surface area contributed by atoms with E-state index in [-0.39, 0.29) is 0 Å². The van der Waals surface area contributed by atoms with Crippen molar-refractivity contribution in [3.8, 4) is 0 Å². The maximum absolute atomic E-state index is 3.57. The topological polar surface area (TPSA) is 0 Å². The van der Waals surface area contributed by atoms with Crippen molar-refractivity contribution < 1.29 is 0 Å². The second-order valence-corrected chi connectivity index (χ2v) is 1.34. The summed E-state index contributed by atoms with van der Waals surface area (Å²) in [5.74, 6) is 0. The first kappa shape index (κ1) is 6.48. The predicted molar refractivity (Wildman–Crippen MR) is 33.9 cm³/mol. The van der Waals surface area contributed by atoms with Crippen LogP contribution < -0.4 is 0 Å². The molecule has 0 aliphatic heterocycles. The van der Waals surface area contributed by atoms with Crippen LogP contribution in [0.25, 0.3) is 0 Å². The van der Waals surface area contributed by atoms with Crippen LogP contribution in [-0.4, -0.2) is 0 Å². The molecule has 0 unspecified atom stereocenters. The Kier molecular flexibility index (Phi) is 5.07. The zero-order chi connectivity index (χ0) is 5.54. The van der Waals surface area contributed by atoms with Crippen LogP contribution >= 0.6 is 0 Å². The predicted octanol–water partition coefficient (Wildman–Crippen LogP) is 2.34. The molecule has 0 saturated heterocycles. The van der Waals surface area contributed by atoms with Crippen molar-refractivity contribution in [2.75, 3.05) is 0 Å². The first-order valence-electron chi connectivity index (χ1n) is 2.45. The Morgan fingerprint density at radius 3 is 1.71 bits per heavy atom. The van der Waals surface area contributed by atoms with Gasteiger partial charge in [0.25, 0.3) is 0 Å². The third kappa shape index (κ3) is 5.48. The molecule has 39 valence electrons. The minimum Gasteiger partial charge on any atom is -0.103 e. The lowest BCUT2D eigenvalue weighted by molar-refractivity contribution is 1.11. The van der Waals surface area contributed by atoms with E-state index in [1.807, 2.05) is 12.2 Å². The Balaban J connectivity index is 2.68. The molecular weight excluding hydrogens is 84.1 g/mol. The first-order chi connectivity index (χ1) is 3.41. The van der Waals surface area contributed by atoms with E-state index >= 15 is 0 Å². The van der Waals surface area contributed by atoms with E-state index < -0.39 is 0 Å². The van der Waals surface area contributed by atoms with Crippen molar-refractivity contribution in [1.29, 1.82) is 0 Å². The van der Waals surface area contributed by atoms with Crippen molar-refractivity contribution in [2.45, 2.75) is 12.8 Å². The lowest BCUT2D eigenvalue weighted by Crippen LogP contribution is -1.66. The highest BCUT2D eigenvalue weighted by molar-refractivity contribution is 4.83. The monoisotopic (exact) mass is 95.1 g/mol. The summed E-state index contributed by atoms with van der Waals surface area (Å²) in [5, 5.41) is 0. The highest BCUT2D eigenvalue weighted by Gasteiger charge is 1.74.